The van der Waals surface area contributed by atoms with Gasteiger partial charge >= 0.3 is 0 Å². The van der Waals surface area contributed by atoms with E-state index in [-0.39, 0.29) is 0 Å². The predicted octanol–water partition coefficient (Wildman–Crippen LogP) is 12.4. The van der Waals surface area contributed by atoms with Gasteiger partial charge in [0.2, 0.25) is 0 Å². The molecule has 3 aromatic heterocycles. The summed E-state index contributed by atoms with van der Waals surface area (Å²) in [5.74, 6) is 0.665. The van der Waals surface area contributed by atoms with Crippen LogP contribution in [0.2, 0.25) is 0 Å². The molecule has 0 bridgehead atoms. The molecule has 0 N–H and O–H groups in total. The summed E-state index contributed by atoms with van der Waals surface area (Å²) in [5, 5.41) is 5.45. The molecule has 238 valence electrons. The van der Waals surface area contributed by atoms with Crippen molar-refractivity contribution in [3.05, 3.63) is 176 Å². The summed E-state index contributed by atoms with van der Waals surface area (Å²) in [4.78, 5) is 15.7. The number of pyridine rings is 1. The van der Waals surface area contributed by atoms with Gasteiger partial charge in [-0.25, -0.2) is 15.0 Å². The molecule has 0 unspecified atom stereocenters. The lowest BCUT2D eigenvalue weighted by atomic mass is 9.95. The number of rotatable bonds is 5. The summed E-state index contributed by atoms with van der Waals surface area (Å²) in [7, 11) is 0. The largest absolute Gasteiger partial charge is 0.455 e. The van der Waals surface area contributed by atoms with E-state index in [0.29, 0.717) is 5.82 Å². The Labute approximate surface area is 294 Å². The predicted molar refractivity (Wildman–Crippen MR) is 209 cm³/mol. The summed E-state index contributed by atoms with van der Waals surface area (Å²) in [6.07, 6.45) is 0. The van der Waals surface area contributed by atoms with Crippen molar-refractivity contribution in [2.24, 2.45) is 0 Å². The van der Waals surface area contributed by atoms with E-state index in [1.54, 1.807) is 0 Å². The third-order valence-corrected chi connectivity index (χ3v) is 9.70. The maximum atomic E-state index is 6.67. The van der Waals surface area contributed by atoms with Crippen LogP contribution in [0, 0.1) is 0 Å². The van der Waals surface area contributed by atoms with Gasteiger partial charge in [-0.15, -0.1) is 0 Å². The third kappa shape index (κ3) is 4.96. The molecular formula is C47H29N3O. The van der Waals surface area contributed by atoms with Crippen LogP contribution in [0.25, 0.3) is 99.9 Å². The van der Waals surface area contributed by atoms with Gasteiger partial charge in [-0.2, -0.15) is 0 Å². The molecule has 0 spiro atoms. The average molecular weight is 652 g/mol. The summed E-state index contributed by atoms with van der Waals surface area (Å²) in [6.45, 7) is 0. The van der Waals surface area contributed by atoms with Crippen molar-refractivity contribution in [1.82, 2.24) is 15.0 Å². The van der Waals surface area contributed by atoms with Crippen LogP contribution in [0.1, 0.15) is 0 Å². The Balaban J connectivity index is 1.21. The molecule has 0 aliphatic heterocycles. The number of hydrogen-bond donors (Lipinski definition) is 0. The number of aromatic nitrogens is 3. The lowest BCUT2D eigenvalue weighted by molar-refractivity contribution is 0.672. The summed E-state index contributed by atoms with van der Waals surface area (Å²) >= 11 is 0. The van der Waals surface area contributed by atoms with Gasteiger partial charge in [-0.1, -0.05) is 158 Å². The SMILES string of the molecule is c1ccc(-c2cc(-c3cccc4c3nc(-c3ccc(-c5cccc6ccccc56)cc3)c3c5ccccc5oc43)nc(-c3ccccc3)n2)cc1. The maximum absolute atomic E-state index is 6.67. The molecule has 10 aromatic rings. The minimum Gasteiger partial charge on any atom is -0.455 e. The first kappa shape index (κ1) is 29.0. The lowest BCUT2D eigenvalue weighted by Gasteiger charge is -2.13. The highest BCUT2D eigenvalue weighted by atomic mass is 16.3. The number of para-hydroxylation sites is 2. The molecule has 0 aliphatic rings. The Bertz CT molecular complexity index is 2830. The van der Waals surface area contributed by atoms with Crippen LogP contribution in [-0.4, -0.2) is 15.0 Å². The first-order chi connectivity index (χ1) is 25.3. The standard InChI is InChI=1S/C47H29N3O/c1-3-14-32(15-4-1)40-29-41(49-47(48-40)34-16-5-2-6-17-34)37-22-12-23-39-45(37)50-44(43-38-20-9-10-24-42(38)51-46(39)43)33-27-25-31(26-28-33)36-21-11-18-30-13-7-8-19-35(30)36/h1-29H. The van der Waals surface area contributed by atoms with Crippen LogP contribution < -0.4 is 0 Å². The molecule has 4 heteroatoms. The molecule has 0 radical (unpaired) electrons. The Hall–Kier alpha value is -6.91. The van der Waals surface area contributed by atoms with Crippen molar-refractivity contribution < 1.29 is 4.42 Å². The molecule has 0 aliphatic carbocycles. The number of nitrogens with zero attached hydrogens (tertiary/aromatic N) is 3. The van der Waals surface area contributed by atoms with Crippen molar-refractivity contribution in [2.75, 3.05) is 0 Å². The quantitative estimate of drug-likeness (QED) is 0.186. The highest BCUT2D eigenvalue weighted by Gasteiger charge is 2.21. The molecule has 10 rings (SSSR count). The number of fused-ring (bicyclic) bond motifs is 6. The van der Waals surface area contributed by atoms with Crippen molar-refractivity contribution >= 4 is 43.6 Å². The van der Waals surface area contributed by atoms with E-state index in [4.69, 9.17) is 19.4 Å². The summed E-state index contributed by atoms with van der Waals surface area (Å²) in [6, 6.07) is 60.7. The van der Waals surface area contributed by atoms with E-state index in [0.717, 1.165) is 77.7 Å². The first-order valence-corrected chi connectivity index (χ1v) is 17.1. The fraction of sp³-hybridized carbons (Fsp3) is 0. The smallest absolute Gasteiger partial charge is 0.160 e. The molecule has 3 heterocycles. The van der Waals surface area contributed by atoms with Gasteiger partial charge in [0, 0.05) is 33.0 Å². The second-order valence-corrected chi connectivity index (χ2v) is 12.8. The van der Waals surface area contributed by atoms with Gasteiger partial charge in [0.1, 0.15) is 11.2 Å². The van der Waals surface area contributed by atoms with Gasteiger partial charge in [-0.3, -0.25) is 0 Å². The van der Waals surface area contributed by atoms with Gasteiger partial charge < -0.3 is 4.42 Å². The van der Waals surface area contributed by atoms with Crippen LogP contribution in [0.3, 0.4) is 0 Å². The molecule has 0 saturated carbocycles. The van der Waals surface area contributed by atoms with Crippen LogP contribution in [-0.2, 0) is 0 Å². The summed E-state index contributed by atoms with van der Waals surface area (Å²) < 4.78 is 6.67. The zero-order valence-corrected chi connectivity index (χ0v) is 27.5. The van der Waals surface area contributed by atoms with E-state index in [1.165, 1.54) is 16.3 Å². The first-order valence-electron chi connectivity index (χ1n) is 17.1. The van der Waals surface area contributed by atoms with Crippen molar-refractivity contribution in [3.8, 4) is 56.3 Å². The zero-order chi connectivity index (χ0) is 33.7. The Morgan fingerprint density at radius 2 is 1.00 bits per heavy atom. The molecule has 51 heavy (non-hydrogen) atoms. The van der Waals surface area contributed by atoms with Crippen LogP contribution in [0.4, 0.5) is 0 Å². The van der Waals surface area contributed by atoms with Gasteiger partial charge in [0.05, 0.1) is 28.0 Å². The number of benzene rings is 7. The molecule has 0 atom stereocenters. The third-order valence-electron chi connectivity index (χ3n) is 9.70. The molecule has 0 saturated heterocycles. The van der Waals surface area contributed by atoms with Gasteiger partial charge in [-0.05, 0) is 40.1 Å². The second-order valence-electron chi connectivity index (χ2n) is 12.8. The maximum Gasteiger partial charge on any atom is 0.160 e. The fourth-order valence-electron chi connectivity index (χ4n) is 7.24. The molecule has 0 amide bonds. The molecular weight excluding hydrogens is 623 g/mol. The monoisotopic (exact) mass is 651 g/mol. The second kappa shape index (κ2) is 11.9. The minimum atomic E-state index is 0.665. The van der Waals surface area contributed by atoms with E-state index in [9.17, 15) is 0 Å². The topological polar surface area (TPSA) is 51.8 Å². The fourth-order valence-corrected chi connectivity index (χ4v) is 7.24. The van der Waals surface area contributed by atoms with Crippen LogP contribution in [0.5, 0.6) is 0 Å². The van der Waals surface area contributed by atoms with Crippen LogP contribution in [0.15, 0.2) is 180 Å². The molecule has 0 fully saturated rings. The molecule has 7 aromatic carbocycles. The van der Waals surface area contributed by atoms with E-state index in [2.05, 4.69) is 115 Å². The number of furan rings is 1. The van der Waals surface area contributed by atoms with E-state index >= 15 is 0 Å². The average Bonchev–Trinajstić information content (AvgIpc) is 3.61. The van der Waals surface area contributed by atoms with Crippen molar-refractivity contribution in [2.45, 2.75) is 0 Å². The Kier molecular flexibility index (Phi) is 6.78. The molecule has 4 nitrogen and oxygen atoms in total. The van der Waals surface area contributed by atoms with Crippen molar-refractivity contribution in [1.29, 1.82) is 0 Å². The highest BCUT2D eigenvalue weighted by molar-refractivity contribution is 6.20. The van der Waals surface area contributed by atoms with Gasteiger partial charge in [0.15, 0.2) is 5.82 Å². The Morgan fingerprint density at radius 3 is 1.82 bits per heavy atom. The Morgan fingerprint density at radius 1 is 0.392 bits per heavy atom. The highest BCUT2D eigenvalue weighted by Crippen LogP contribution is 2.42. The van der Waals surface area contributed by atoms with Crippen molar-refractivity contribution in [3.63, 3.8) is 0 Å². The zero-order valence-electron chi connectivity index (χ0n) is 27.5. The lowest BCUT2D eigenvalue weighted by Crippen LogP contribution is -1.97. The van der Waals surface area contributed by atoms with Gasteiger partial charge in [0.25, 0.3) is 0 Å². The number of hydrogen-bond acceptors (Lipinski definition) is 4. The van der Waals surface area contributed by atoms with E-state index in [1.807, 2.05) is 60.7 Å². The minimum absolute atomic E-state index is 0.665. The van der Waals surface area contributed by atoms with E-state index < -0.39 is 0 Å². The van der Waals surface area contributed by atoms with Crippen LogP contribution >= 0.6 is 0 Å². The normalized spacial score (nSPS) is 11.5. The summed E-state index contributed by atoms with van der Waals surface area (Å²) in [5.41, 5.74) is 11.3.